The van der Waals surface area contributed by atoms with Crippen LogP contribution in [-0.2, 0) is 30.3 Å². The summed E-state index contributed by atoms with van der Waals surface area (Å²) < 4.78 is 10.9. The lowest BCUT2D eigenvalue weighted by Gasteiger charge is -2.26. The van der Waals surface area contributed by atoms with Gasteiger partial charge in [0.25, 0.3) is 0 Å². The number of carbonyl (C=O) groups excluding carboxylic acids is 3. The van der Waals surface area contributed by atoms with Gasteiger partial charge in [0, 0.05) is 26.1 Å². The summed E-state index contributed by atoms with van der Waals surface area (Å²) in [5.74, 6) is -1.75. The van der Waals surface area contributed by atoms with Crippen molar-refractivity contribution < 1.29 is 29.0 Å². The number of nitrogens with one attached hydrogen (secondary N) is 3. The third-order valence-electron chi connectivity index (χ3n) is 7.76. The van der Waals surface area contributed by atoms with Gasteiger partial charge in [-0.25, -0.2) is 5.53 Å². The fraction of sp³-hybridized carbons (Fsp3) is 0.485. The van der Waals surface area contributed by atoms with E-state index in [2.05, 4.69) is 30.8 Å². The molecule has 0 radical (unpaired) electrons. The number of rotatable bonds is 20. The van der Waals surface area contributed by atoms with Crippen LogP contribution in [0.5, 0.6) is 0 Å². The highest BCUT2D eigenvalue weighted by atomic mass is 32.2. The fourth-order valence-corrected chi connectivity index (χ4v) is 6.69. The molecule has 258 valence electrons. The van der Waals surface area contributed by atoms with Gasteiger partial charge in [-0.1, -0.05) is 78.4 Å². The van der Waals surface area contributed by atoms with Gasteiger partial charge < -0.3 is 19.9 Å². The van der Waals surface area contributed by atoms with E-state index in [1.54, 1.807) is 12.1 Å². The first-order chi connectivity index (χ1) is 23.5. The van der Waals surface area contributed by atoms with Crippen LogP contribution in [-0.4, -0.2) is 95.3 Å². The van der Waals surface area contributed by atoms with Gasteiger partial charge in [0.2, 0.25) is 16.9 Å². The number of aryl methyl sites for hydroxylation is 1. The molecule has 3 atom stereocenters. The number of carbonyl (C=O) groups is 3. The van der Waals surface area contributed by atoms with Crippen molar-refractivity contribution >= 4 is 46.0 Å². The lowest BCUT2D eigenvalue weighted by molar-refractivity contribution is -0.145. The average molecular weight is 698 g/mol. The Morgan fingerprint density at radius 3 is 2.33 bits per heavy atom. The summed E-state index contributed by atoms with van der Waals surface area (Å²) in [4.78, 5) is 40.6. The number of aliphatic hydroxyl groups excluding tert-OH is 1. The van der Waals surface area contributed by atoms with Crippen LogP contribution in [0.4, 0.5) is 5.13 Å². The van der Waals surface area contributed by atoms with Gasteiger partial charge in [-0.2, -0.15) is 5.11 Å². The maximum absolute atomic E-state index is 13.3. The molecule has 48 heavy (non-hydrogen) atoms. The Morgan fingerprint density at radius 2 is 1.67 bits per heavy atom. The van der Waals surface area contributed by atoms with Crippen molar-refractivity contribution in [3.05, 3.63) is 76.8 Å². The van der Waals surface area contributed by atoms with Crippen LogP contribution in [0, 0.1) is 5.53 Å². The standard InChI is InChI=1S/C33H43N7O6S2/c34-37-32(35-30(43)26(22-41)24-10-4-1-5-11-24)47-21-9-3-8-14-28-38-39-33(48-28)36-31(44)27(25-12-6-2-7-13-25)23-46-29(42)15-16-40-17-19-45-20-18-40/h1-2,4-7,10-13,26-27,32,34,41H,3,8-9,14-23H2,(H,35,43)(H,36,39,44). The number of hydrogen-bond donors (Lipinski definition) is 4. The number of hydrogen-bond acceptors (Lipinski definition) is 13. The van der Waals surface area contributed by atoms with Gasteiger partial charge in [-0.3, -0.25) is 24.6 Å². The second-order valence-corrected chi connectivity index (χ2v) is 13.4. The minimum absolute atomic E-state index is 0.0749. The number of nitrogens with zero attached hydrogens (tertiary/aromatic N) is 4. The normalized spacial score (nSPS) is 15.2. The van der Waals surface area contributed by atoms with Crippen molar-refractivity contribution in [1.82, 2.24) is 20.4 Å². The van der Waals surface area contributed by atoms with Gasteiger partial charge >= 0.3 is 5.97 Å². The number of aliphatic hydroxyl groups is 1. The molecule has 4 rings (SSSR count). The molecular weight excluding hydrogens is 655 g/mol. The van der Waals surface area contributed by atoms with Crippen LogP contribution in [0.25, 0.3) is 0 Å². The van der Waals surface area contributed by atoms with E-state index < -0.39 is 17.3 Å². The van der Waals surface area contributed by atoms with E-state index in [-0.39, 0.29) is 37.4 Å². The SMILES string of the molecule is N=NC(NC(=O)C(CO)c1ccccc1)SCCCCCc1nnc(NC(=O)C(COC(=O)CCN2CCOCC2)c2ccccc2)s1. The van der Waals surface area contributed by atoms with Crippen LogP contribution in [0.2, 0.25) is 0 Å². The number of thioether (sulfide) groups is 1. The van der Waals surface area contributed by atoms with Crippen molar-refractivity contribution in [2.45, 2.75) is 49.4 Å². The number of aromatic nitrogens is 2. The van der Waals surface area contributed by atoms with Gasteiger partial charge in [-0.15, -0.1) is 22.0 Å². The first kappa shape index (κ1) is 37.1. The Kier molecular flexibility index (Phi) is 15.9. The summed E-state index contributed by atoms with van der Waals surface area (Å²) in [5.41, 5.74) is 8.19. The van der Waals surface area contributed by atoms with E-state index in [9.17, 15) is 19.5 Å². The number of morpholine rings is 1. The molecule has 0 aliphatic carbocycles. The summed E-state index contributed by atoms with van der Waals surface area (Å²) in [5, 5.41) is 28.4. The zero-order chi connectivity index (χ0) is 34.0. The molecule has 1 saturated heterocycles. The zero-order valence-electron chi connectivity index (χ0n) is 26.8. The van der Waals surface area contributed by atoms with Crippen molar-refractivity contribution in [2.24, 2.45) is 5.11 Å². The minimum atomic E-state index is -0.720. The Hall–Kier alpha value is -3.76. The highest BCUT2D eigenvalue weighted by molar-refractivity contribution is 7.99. The van der Waals surface area contributed by atoms with Crippen LogP contribution in [0.15, 0.2) is 65.8 Å². The van der Waals surface area contributed by atoms with Gasteiger partial charge in [0.1, 0.15) is 11.6 Å². The average Bonchev–Trinajstić information content (AvgIpc) is 3.56. The molecule has 13 nitrogen and oxygen atoms in total. The molecule has 2 heterocycles. The molecular formula is C33H43N7O6S2. The van der Waals surface area contributed by atoms with Crippen LogP contribution < -0.4 is 10.6 Å². The molecule has 1 fully saturated rings. The lowest BCUT2D eigenvalue weighted by Crippen LogP contribution is -2.37. The van der Waals surface area contributed by atoms with Crippen LogP contribution >= 0.6 is 23.1 Å². The maximum atomic E-state index is 13.3. The molecule has 1 aliphatic rings. The third-order valence-corrected chi connectivity index (χ3v) is 9.72. The quantitative estimate of drug-likeness (QED) is 0.0579. The Balaban J connectivity index is 1.16. The van der Waals surface area contributed by atoms with Crippen molar-refractivity contribution in [2.75, 3.05) is 57.1 Å². The van der Waals surface area contributed by atoms with Gasteiger partial charge in [0.05, 0.1) is 38.1 Å². The van der Waals surface area contributed by atoms with Gasteiger partial charge in [0.15, 0.2) is 5.50 Å². The van der Waals surface area contributed by atoms with Crippen molar-refractivity contribution in [3.8, 4) is 0 Å². The second-order valence-electron chi connectivity index (χ2n) is 11.2. The zero-order valence-corrected chi connectivity index (χ0v) is 28.4. The molecule has 3 unspecified atom stereocenters. The first-order valence-electron chi connectivity index (χ1n) is 16.0. The molecule has 15 heteroatoms. The topological polar surface area (TPSA) is 179 Å². The predicted molar refractivity (Wildman–Crippen MR) is 184 cm³/mol. The summed E-state index contributed by atoms with van der Waals surface area (Å²) in [6, 6.07) is 18.2. The molecule has 0 bridgehead atoms. The molecule has 1 aromatic heterocycles. The largest absolute Gasteiger partial charge is 0.464 e. The molecule has 0 saturated carbocycles. The highest BCUT2D eigenvalue weighted by Crippen LogP contribution is 2.23. The van der Waals surface area contributed by atoms with E-state index in [1.807, 2.05) is 48.5 Å². The predicted octanol–water partition coefficient (Wildman–Crippen LogP) is 4.18. The lowest BCUT2D eigenvalue weighted by atomic mass is 9.99. The Labute approximate surface area is 288 Å². The molecule has 4 N–H and O–H groups in total. The smallest absolute Gasteiger partial charge is 0.307 e. The van der Waals surface area contributed by atoms with Crippen molar-refractivity contribution in [1.29, 1.82) is 5.53 Å². The Bertz CT molecular complexity index is 1430. The van der Waals surface area contributed by atoms with E-state index >= 15 is 0 Å². The number of unbranched alkanes of at least 4 members (excludes halogenated alkanes) is 2. The summed E-state index contributed by atoms with van der Waals surface area (Å²) in [6.45, 7) is 3.09. The van der Waals surface area contributed by atoms with Crippen LogP contribution in [0.1, 0.15) is 53.7 Å². The summed E-state index contributed by atoms with van der Waals surface area (Å²) >= 11 is 2.68. The fourth-order valence-electron chi connectivity index (χ4n) is 5.04. The molecule has 2 amide bonds. The van der Waals surface area contributed by atoms with Crippen LogP contribution in [0.3, 0.4) is 0 Å². The minimum Gasteiger partial charge on any atom is -0.464 e. The highest BCUT2D eigenvalue weighted by Gasteiger charge is 2.25. The van der Waals surface area contributed by atoms with E-state index in [4.69, 9.17) is 15.0 Å². The van der Waals surface area contributed by atoms with E-state index in [0.29, 0.717) is 42.6 Å². The molecule has 0 spiro atoms. The van der Waals surface area contributed by atoms with Gasteiger partial charge in [-0.05, 0) is 29.7 Å². The summed E-state index contributed by atoms with van der Waals surface area (Å²) in [7, 11) is 0. The first-order valence-corrected chi connectivity index (χ1v) is 17.9. The number of amides is 2. The maximum Gasteiger partial charge on any atom is 0.307 e. The number of ether oxygens (including phenoxy) is 2. The van der Waals surface area contributed by atoms with E-state index in [0.717, 1.165) is 42.9 Å². The molecule has 3 aromatic rings. The Morgan fingerprint density at radius 1 is 0.979 bits per heavy atom. The monoisotopic (exact) mass is 697 g/mol. The third kappa shape index (κ3) is 12.4. The van der Waals surface area contributed by atoms with E-state index in [1.165, 1.54) is 23.1 Å². The molecule has 1 aliphatic heterocycles. The summed E-state index contributed by atoms with van der Waals surface area (Å²) in [6.07, 6.45) is 3.54. The second kappa shape index (κ2) is 20.6. The number of esters is 1. The number of benzene rings is 2. The molecule has 2 aromatic carbocycles. The van der Waals surface area contributed by atoms with Crippen molar-refractivity contribution in [3.63, 3.8) is 0 Å². The number of anilines is 1.